The molecule has 2 heterocycles. The highest BCUT2D eigenvalue weighted by Crippen LogP contribution is 2.26. The topological polar surface area (TPSA) is 67.2 Å². The molecule has 20 heavy (non-hydrogen) atoms. The Bertz CT molecular complexity index is 521. The molecule has 0 aliphatic carbocycles. The lowest BCUT2D eigenvalue weighted by Crippen LogP contribution is -2.42. The summed E-state index contributed by atoms with van der Waals surface area (Å²) in [5, 5.41) is 7.36. The predicted octanol–water partition coefficient (Wildman–Crippen LogP) is 1.26. The molecule has 0 saturated carbocycles. The number of aryl methyl sites for hydroxylation is 1. The minimum atomic E-state index is -3.60. The number of hydrogen-bond donors (Lipinski definition) is 1. The van der Waals surface area contributed by atoms with Gasteiger partial charge in [-0.15, -0.1) is 12.4 Å². The van der Waals surface area contributed by atoms with Gasteiger partial charge in [0.1, 0.15) is 0 Å². The maximum absolute atomic E-state index is 12.8. The first-order valence-electron chi connectivity index (χ1n) is 6.38. The van der Waals surface area contributed by atoms with Crippen LogP contribution in [0.4, 0.5) is 0 Å². The largest absolute Gasteiger partial charge is 0.315 e. The molecule has 0 spiro atoms. The van der Waals surface area contributed by atoms with E-state index in [0.29, 0.717) is 13.1 Å². The molecule has 0 radical (unpaired) electrons. The second-order valence-electron chi connectivity index (χ2n) is 4.68. The molecule has 9 heteroatoms. The van der Waals surface area contributed by atoms with Crippen molar-refractivity contribution in [1.82, 2.24) is 19.4 Å². The van der Waals surface area contributed by atoms with Gasteiger partial charge in [0.2, 0.25) is 0 Å². The van der Waals surface area contributed by atoms with Crippen LogP contribution >= 0.6 is 24.0 Å². The summed E-state index contributed by atoms with van der Waals surface area (Å²) in [6.07, 6.45) is 2.96. The first kappa shape index (κ1) is 17.7. The Morgan fingerprint density at radius 1 is 1.60 bits per heavy atom. The summed E-state index contributed by atoms with van der Waals surface area (Å²) in [7, 11) is -2.01. The highest BCUT2D eigenvalue weighted by atomic mass is 35.5. The van der Waals surface area contributed by atoms with E-state index in [4.69, 9.17) is 11.6 Å². The van der Waals surface area contributed by atoms with Crippen LogP contribution in [-0.2, 0) is 17.1 Å². The average molecular weight is 343 g/mol. The second kappa shape index (κ2) is 7.09. The van der Waals surface area contributed by atoms with E-state index in [1.165, 1.54) is 10.9 Å². The van der Waals surface area contributed by atoms with E-state index >= 15 is 0 Å². The van der Waals surface area contributed by atoms with Crippen molar-refractivity contribution in [2.45, 2.75) is 30.8 Å². The van der Waals surface area contributed by atoms with E-state index in [0.717, 1.165) is 19.4 Å². The van der Waals surface area contributed by atoms with Crippen LogP contribution in [0, 0.1) is 0 Å². The van der Waals surface area contributed by atoms with Gasteiger partial charge < -0.3 is 5.32 Å². The maximum atomic E-state index is 12.8. The maximum Gasteiger partial charge on any atom is 0.262 e. The molecule has 116 valence electrons. The summed E-state index contributed by atoms with van der Waals surface area (Å²) in [5.41, 5.74) is 0. The number of nitrogens with one attached hydrogen (secondary N) is 1. The van der Waals surface area contributed by atoms with Crippen LogP contribution in [0.1, 0.15) is 19.8 Å². The lowest BCUT2D eigenvalue weighted by molar-refractivity contribution is 0.332. The van der Waals surface area contributed by atoms with E-state index in [1.807, 2.05) is 6.92 Å². The molecular weight excluding hydrogens is 323 g/mol. The Hall–Kier alpha value is -0.340. The van der Waals surface area contributed by atoms with Crippen LogP contribution < -0.4 is 5.32 Å². The molecule has 1 aliphatic heterocycles. The van der Waals surface area contributed by atoms with Crippen LogP contribution in [0.2, 0.25) is 5.02 Å². The molecule has 0 aromatic carbocycles. The molecule has 1 unspecified atom stereocenters. The zero-order chi connectivity index (χ0) is 14.0. The minimum absolute atomic E-state index is 0. The first-order chi connectivity index (χ1) is 8.98. The zero-order valence-corrected chi connectivity index (χ0v) is 13.9. The molecule has 1 atom stereocenters. The number of aromatic nitrogens is 2. The van der Waals surface area contributed by atoms with Gasteiger partial charge in [-0.1, -0.05) is 18.5 Å². The van der Waals surface area contributed by atoms with Gasteiger partial charge in [-0.25, -0.2) is 8.42 Å². The standard InChI is InChI=1S/C11H19ClN4O2S.ClH/c1-3-6-16(9-4-5-13-7-9)19(17,18)11-10(12)8-14-15(11)2;/h8-9,13H,3-7H2,1-2H3;1H. The number of rotatable bonds is 5. The Morgan fingerprint density at radius 3 is 2.75 bits per heavy atom. The molecule has 6 nitrogen and oxygen atoms in total. The Labute approximate surface area is 130 Å². The van der Waals surface area contributed by atoms with E-state index in [9.17, 15) is 8.42 Å². The molecule has 2 rings (SSSR count). The fourth-order valence-electron chi connectivity index (χ4n) is 2.41. The molecule has 1 N–H and O–H groups in total. The summed E-state index contributed by atoms with van der Waals surface area (Å²) in [6.45, 7) is 4.00. The second-order valence-corrected chi connectivity index (χ2v) is 6.90. The third-order valence-electron chi connectivity index (χ3n) is 3.28. The van der Waals surface area contributed by atoms with Gasteiger partial charge in [0.05, 0.1) is 11.2 Å². The number of nitrogens with zero attached hydrogens (tertiary/aromatic N) is 3. The van der Waals surface area contributed by atoms with Crippen LogP contribution in [-0.4, -0.2) is 48.2 Å². The van der Waals surface area contributed by atoms with E-state index in [-0.39, 0.29) is 28.5 Å². The molecule has 1 fully saturated rings. The first-order valence-corrected chi connectivity index (χ1v) is 8.20. The third kappa shape index (κ3) is 3.28. The summed E-state index contributed by atoms with van der Waals surface area (Å²) >= 11 is 5.98. The van der Waals surface area contributed by atoms with Crippen LogP contribution in [0.3, 0.4) is 0 Å². The van der Waals surface area contributed by atoms with Crippen molar-refractivity contribution >= 4 is 34.0 Å². The van der Waals surface area contributed by atoms with Gasteiger partial charge in [0.25, 0.3) is 10.0 Å². The lowest BCUT2D eigenvalue weighted by atomic mass is 10.2. The third-order valence-corrected chi connectivity index (χ3v) is 5.74. The Kier molecular flexibility index (Phi) is 6.27. The van der Waals surface area contributed by atoms with Crippen molar-refractivity contribution in [3.8, 4) is 0 Å². The average Bonchev–Trinajstić information content (AvgIpc) is 2.96. The monoisotopic (exact) mass is 342 g/mol. The summed E-state index contributed by atoms with van der Waals surface area (Å²) in [4.78, 5) is 0. The SMILES string of the molecule is CCCN(C1CCNC1)S(=O)(=O)c1c(Cl)cnn1C.Cl. The Morgan fingerprint density at radius 2 is 2.30 bits per heavy atom. The molecule has 1 aliphatic rings. The van der Waals surface area contributed by atoms with E-state index in [1.54, 1.807) is 11.4 Å². The molecule has 0 bridgehead atoms. The van der Waals surface area contributed by atoms with Gasteiger partial charge >= 0.3 is 0 Å². The van der Waals surface area contributed by atoms with Gasteiger partial charge in [0, 0.05) is 26.2 Å². The van der Waals surface area contributed by atoms with Crippen LogP contribution in [0.25, 0.3) is 0 Å². The number of sulfonamides is 1. The molecule has 1 saturated heterocycles. The summed E-state index contributed by atoms with van der Waals surface area (Å²) < 4.78 is 28.4. The van der Waals surface area contributed by atoms with Gasteiger partial charge in [-0.05, 0) is 19.4 Å². The lowest BCUT2D eigenvalue weighted by Gasteiger charge is -2.27. The highest BCUT2D eigenvalue weighted by Gasteiger charge is 2.35. The normalized spacial score (nSPS) is 19.3. The Balaban J connectivity index is 0.00000200. The fourth-order valence-corrected chi connectivity index (χ4v) is 4.76. The minimum Gasteiger partial charge on any atom is -0.315 e. The van der Waals surface area contributed by atoms with Crippen molar-refractivity contribution in [1.29, 1.82) is 0 Å². The highest BCUT2D eigenvalue weighted by molar-refractivity contribution is 7.89. The zero-order valence-electron chi connectivity index (χ0n) is 11.5. The fraction of sp³-hybridized carbons (Fsp3) is 0.727. The number of hydrogen-bond acceptors (Lipinski definition) is 4. The van der Waals surface area contributed by atoms with Gasteiger partial charge in [0.15, 0.2) is 5.03 Å². The van der Waals surface area contributed by atoms with Gasteiger partial charge in [-0.2, -0.15) is 9.40 Å². The summed E-state index contributed by atoms with van der Waals surface area (Å²) in [6, 6.07) is -0.00378. The smallest absolute Gasteiger partial charge is 0.262 e. The number of halogens is 2. The van der Waals surface area contributed by atoms with Crippen LogP contribution in [0.5, 0.6) is 0 Å². The molecule has 0 amide bonds. The van der Waals surface area contributed by atoms with Crippen molar-refractivity contribution in [3.05, 3.63) is 11.2 Å². The van der Waals surface area contributed by atoms with Crippen molar-refractivity contribution in [2.75, 3.05) is 19.6 Å². The molecule has 1 aromatic heterocycles. The van der Waals surface area contributed by atoms with E-state index < -0.39 is 10.0 Å². The van der Waals surface area contributed by atoms with Crippen molar-refractivity contribution < 1.29 is 8.42 Å². The molecule has 1 aromatic rings. The quantitative estimate of drug-likeness (QED) is 0.874. The van der Waals surface area contributed by atoms with E-state index in [2.05, 4.69) is 10.4 Å². The molecular formula is C11H20Cl2N4O2S. The summed E-state index contributed by atoms with van der Waals surface area (Å²) in [5.74, 6) is 0. The van der Waals surface area contributed by atoms with Gasteiger partial charge in [-0.3, -0.25) is 4.68 Å². The van der Waals surface area contributed by atoms with Crippen LogP contribution in [0.15, 0.2) is 11.2 Å². The van der Waals surface area contributed by atoms with Crippen molar-refractivity contribution in [2.24, 2.45) is 7.05 Å². The predicted molar refractivity (Wildman–Crippen MR) is 80.9 cm³/mol. The van der Waals surface area contributed by atoms with Crippen molar-refractivity contribution in [3.63, 3.8) is 0 Å².